The van der Waals surface area contributed by atoms with Gasteiger partial charge in [0.1, 0.15) is 5.82 Å². The second-order valence-electron chi connectivity index (χ2n) is 6.09. The molecule has 6 nitrogen and oxygen atoms in total. The van der Waals surface area contributed by atoms with E-state index in [1.165, 1.54) is 0 Å². The SMILES string of the molecule is CC[C@H](N)C(=O)Nc1ccc(N2CCC(N(C)C)CC2)cn1. The lowest BCUT2D eigenvalue weighted by Crippen LogP contribution is -2.42. The lowest BCUT2D eigenvalue weighted by molar-refractivity contribution is -0.117. The largest absolute Gasteiger partial charge is 0.370 e. The molecule has 0 radical (unpaired) electrons. The molecule has 0 bridgehead atoms. The van der Waals surface area contributed by atoms with Gasteiger partial charge in [-0.05, 0) is 45.5 Å². The zero-order valence-electron chi connectivity index (χ0n) is 13.7. The fourth-order valence-electron chi connectivity index (χ4n) is 2.69. The van der Waals surface area contributed by atoms with Gasteiger partial charge in [-0.1, -0.05) is 6.92 Å². The van der Waals surface area contributed by atoms with E-state index in [2.05, 4.69) is 34.2 Å². The highest BCUT2D eigenvalue weighted by Crippen LogP contribution is 2.21. The van der Waals surface area contributed by atoms with Crippen LogP contribution in [-0.2, 0) is 4.79 Å². The van der Waals surface area contributed by atoms with E-state index >= 15 is 0 Å². The topological polar surface area (TPSA) is 74.5 Å². The molecule has 3 N–H and O–H groups in total. The van der Waals surface area contributed by atoms with Crippen molar-refractivity contribution < 1.29 is 4.79 Å². The summed E-state index contributed by atoms with van der Waals surface area (Å²) in [4.78, 5) is 20.7. The third-order valence-corrected chi connectivity index (χ3v) is 4.34. The maximum atomic E-state index is 11.7. The molecule has 2 heterocycles. The van der Waals surface area contributed by atoms with E-state index in [-0.39, 0.29) is 5.91 Å². The minimum atomic E-state index is -0.480. The van der Waals surface area contributed by atoms with E-state index in [1.54, 1.807) is 0 Å². The Balaban J connectivity index is 1.91. The third kappa shape index (κ3) is 4.18. The van der Waals surface area contributed by atoms with Crippen LogP contribution in [0.25, 0.3) is 0 Å². The summed E-state index contributed by atoms with van der Waals surface area (Å²) in [5, 5.41) is 2.74. The number of piperidine rings is 1. The quantitative estimate of drug-likeness (QED) is 0.857. The van der Waals surface area contributed by atoms with Crippen LogP contribution >= 0.6 is 0 Å². The summed E-state index contributed by atoms with van der Waals surface area (Å²) in [6.45, 7) is 3.96. The highest BCUT2D eigenvalue weighted by molar-refractivity contribution is 5.93. The zero-order chi connectivity index (χ0) is 16.1. The van der Waals surface area contributed by atoms with Crippen LogP contribution in [0.5, 0.6) is 0 Å². The van der Waals surface area contributed by atoms with Gasteiger partial charge in [0.25, 0.3) is 0 Å². The van der Waals surface area contributed by atoms with Crippen LogP contribution in [0, 0.1) is 0 Å². The van der Waals surface area contributed by atoms with Crippen LogP contribution in [0.1, 0.15) is 26.2 Å². The smallest absolute Gasteiger partial charge is 0.242 e. The Bertz CT molecular complexity index is 480. The molecular weight excluding hydrogens is 278 g/mol. The summed E-state index contributed by atoms with van der Waals surface area (Å²) in [7, 11) is 4.28. The van der Waals surface area contributed by atoms with Crippen LogP contribution in [0.2, 0.25) is 0 Å². The molecule has 22 heavy (non-hydrogen) atoms. The lowest BCUT2D eigenvalue weighted by Gasteiger charge is -2.36. The second kappa shape index (κ2) is 7.56. The maximum absolute atomic E-state index is 11.7. The first-order chi connectivity index (χ1) is 10.5. The van der Waals surface area contributed by atoms with E-state index in [1.807, 2.05) is 25.3 Å². The molecule has 1 aliphatic rings. The van der Waals surface area contributed by atoms with Crippen molar-refractivity contribution in [2.24, 2.45) is 5.73 Å². The number of aromatic nitrogens is 1. The van der Waals surface area contributed by atoms with E-state index in [0.29, 0.717) is 18.3 Å². The molecule has 0 spiro atoms. The van der Waals surface area contributed by atoms with Crippen LogP contribution in [-0.4, -0.2) is 55.1 Å². The molecular formula is C16H27N5O. The first kappa shape index (κ1) is 16.7. The van der Waals surface area contributed by atoms with E-state index in [9.17, 15) is 4.79 Å². The predicted molar refractivity (Wildman–Crippen MR) is 90.1 cm³/mol. The van der Waals surface area contributed by atoms with Crippen molar-refractivity contribution >= 4 is 17.4 Å². The highest BCUT2D eigenvalue weighted by Gasteiger charge is 2.21. The monoisotopic (exact) mass is 305 g/mol. The summed E-state index contributed by atoms with van der Waals surface area (Å²) in [5.74, 6) is 0.371. The number of anilines is 2. The maximum Gasteiger partial charge on any atom is 0.242 e. The first-order valence-electron chi connectivity index (χ1n) is 7.95. The van der Waals surface area contributed by atoms with Gasteiger partial charge in [-0.15, -0.1) is 0 Å². The molecule has 6 heteroatoms. The molecule has 1 fully saturated rings. The number of nitrogens with two attached hydrogens (primary N) is 1. The third-order valence-electron chi connectivity index (χ3n) is 4.34. The Kier molecular flexibility index (Phi) is 5.74. The number of nitrogens with zero attached hydrogens (tertiary/aromatic N) is 3. The van der Waals surface area contributed by atoms with Gasteiger partial charge in [0.2, 0.25) is 5.91 Å². The summed E-state index contributed by atoms with van der Waals surface area (Å²) in [5.41, 5.74) is 6.80. The number of nitrogens with one attached hydrogen (secondary N) is 1. The van der Waals surface area contributed by atoms with Crippen molar-refractivity contribution in [2.75, 3.05) is 37.4 Å². The van der Waals surface area contributed by atoms with Crippen LogP contribution in [0.15, 0.2) is 18.3 Å². The molecule has 0 unspecified atom stereocenters. The molecule has 1 aromatic heterocycles. The average Bonchev–Trinajstić information content (AvgIpc) is 2.54. The minimum Gasteiger partial charge on any atom is -0.370 e. The van der Waals surface area contributed by atoms with E-state index in [4.69, 9.17) is 5.73 Å². The number of pyridine rings is 1. The predicted octanol–water partition coefficient (Wildman–Crippen LogP) is 1.29. The van der Waals surface area contributed by atoms with Gasteiger partial charge in [-0.2, -0.15) is 0 Å². The van der Waals surface area contributed by atoms with E-state index < -0.39 is 6.04 Å². The average molecular weight is 305 g/mol. The Morgan fingerprint density at radius 2 is 2.14 bits per heavy atom. The number of hydrogen-bond donors (Lipinski definition) is 2. The van der Waals surface area contributed by atoms with Crippen LogP contribution in [0.3, 0.4) is 0 Å². The summed E-state index contributed by atoms with van der Waals surface area (Å²) < 4.78 is 0. The standard InChI is InChI=1S/C16H27N5O/c1-4-14(17)16(22)19-15-6-5-13(11-18-15)21-9-7-12(8-10-21)20(2)3/h5-6,11-12,14H,4,7-10,17H2,1-3H3,(H,18,19,22)/t14-/m0/s1. The molecule has 1 atom stereocenters. The number of amides is 1. The molecule has 0 aliphatic carbocycles. The molecule has 0 aromatic carbocycles. The summed E-state index contributed by atoms with van der Waals surface area (Å²) in [6.07, 6.45) is 4.77. The number of carbonyl (C=O) groups is 1. The highest BCUT2D eigenvalue weighted by atomic mass is 16.2. The molecule has 1 aliphatic heterocycles. The van der Waals surface area contributed by atoms with Gasteiger partial charge in [0.15, 0.2) is 0 Å². The number of carbonyl (C=O) groups excluding carboxylic acids is 1. The Morgan fingerprint density at radius 3 is 2.64 bits per heavy atom. The van der Waals surface area contributed by atoms with Crippen molar-refractivity contribution in [3.05, 3.63) is 18.3 Å². The minimum absolute atomic E-state index is 0.186. The van der Waals surface area contributed by atoms with Crippen molar-refractivity contribution in [2.45, 2.75) is 38.3 Å². The van der Waals surface area contributed by atoms with Gasteiger partial charge in [0.05, 0.1) is 17.9 Å². The molecule has 2 rings (SSSR count). The summed E-state index contributed by atoms with van der Waals surface area (Å²) in [6, 6.07) is 4.04. The zero-order valence-corrected chi connectivity index (χ0v) is 13.7. The van der Waals surface area contributed by atoms with Crippen molar-refractivity contribution in [3.8, 4) is 0 Å². The lowest BCUT2D eigenvalue weighted by atomic mass is 10.0. The van der Waals surface area contributed by atoms with Gasteiger partial charge < -0.3 is 20.9 Å². The summed E-state index contributed by atoms with van der Waals surface area (Å²) >= 11 is 0. The molecule has 1 aromatic rings. The molecule has 122 valence electrons. The van der Waals surface area contributed by atoms with Crippen LogP contribution in [0.4, 0.5) is 11.5 Å². The van der Waals surface area contributed by atoms with Crippen molar-refractivity contribution in [1.29, 1.82) is 0 Å². The van der Waals surface area contributed by atoms with E-state index in [0.717, 1.165) is 31.6 Å². The van der Waals surface area contributed by atoms with Crippen molar-refractivity contribution in [1.82, 2.24) is 9.88 Å². The Labute approximate surface area is 132 Å². The Hall–Kier alpha value is -1.66. The fourth-order valence-corrected chi connectivity index (χ4v) is 2.69. The van der Waals surface area contributed by atoms with Crippen molar-refractivity contribution in [3.63, 3.8) is 0 Å². The number of hydrogen-bond acceptors (Lipinski definition) is 5. The normalized spacial score (nSPS) is 17.6. The van der Waals surface area contributed by atoms with Gasteiger partial charge in [-0.3, -0.25) is 4.79 Å². The van der Waals surface area contributed by atoms with Gasteiger partial charge in [0, 0.05) is 19.1 Å². The Morgan fingerprint density at radius 1 is 1.45 bits per heavy atom. The van der Waals surface area contributed by atoms with Crippen LogP contribution < -0.4 is 16.0 Å². The fraction of sp³-hybridized carbons (Fsp3) is 0.625. The molecule has 1 saturated heterocycles. The first-order valence-corrected chi connectivity index (χ1v) is 7.95. The van der Waals surface area contributed by atoms with Gasteiger partial charge in [-0.25, -0.2) is 4.98 Å². The number of rotatable bonds is 5. The van der Waals surface area contributed by atoms with Gasteiger partial charge >= 0.3 is 0 Å². The second-order valence-corrected chi connectivity index (χ2v) is 6.09. The molecule has 0 saturated carbocycles. The molecule has 1 amide bonds.